The van der Waals surface area contributed by atoms with E-state index >= 15 is 0 Å². The third-order valence-electron chi connectivity index (χ3n) is 0.743. The van der Waals surface area contributed by atoms with Crippen LogP contribution in [-0.4, -0.2) is 39.2 Å². The van der Waals surface area contributed by atoms with E-state index < -0.39 is 0 Å². The molecule has 0 spiro atoms. The summed E-state index contributed by atoms with van der Waals surface area (Å²) >= 11 is 3.07. The van der Waals surface area contributed by atoms with Crippen LogP contribution in [0.25, 0.3) is 0 Å². The molecule has 0 saturated carbocycles. The van der Waals surface area contributed by atoms with Crippen molar-refractivity contribution >= 4 is 43.7 Å². The predicted octanol–water partition coefficient (Wildman–Crippen LogP) is 1.27. The summed E-state index contributed by atoms with van der Waals surface area (Å²) in [6.45, 7) is 0. The second-order valence-corrected chi connectivity index (χ2v) is 6.23. The molecule has 1 aromatic carbocycles. The first-order valence-corrected chi connectivity index (χ1v) is 10.8. The van der Waals surface area contributed by atoms with Gasteiger partial charge in [0.25, 0.3) is 0 Å². The molecular formula is C8H11BiSe. The van der Waals surface area contributed by atoms with Gasteiger partial charge >= 0.3 is 83.3 Å². The number of hydrogen-bond acceptors (Lipinski definition) is 0. The van der Waals surface area contributed by atoms with E-state index in [0.29, 0.717) is 0 Å². The molecule has 0 aliphatic carbocycles. The zero-order valence-corrected chi connectivity index (χ0v) is 11.4. The molecule has 54 valence electrons. The van der Waals surface area contributed by atoms with E-state index in [0.717, 1.165) is 0 Å². The topological polar surface area (TPSA) is 0 Å². The molecule has 0 nitrogen and oxygen atoms in total. The van der Waals surface area contributed by atoms with Gasteiger partial charge in [-0.05, 0) is 0 Å². The summed E-state index contributed by atoms with van der Waals surface area (Å²) in [6.07, 6.45) is 0. The van der Waals surface area contributed by atoms with Gasteiger partial charge in [0.05, 0.1) is 0 Å². The molecule has 0 bridgehead atoms. The molecule has 0 amide bonds. The molecule has 0 aromatic heterocycles. The monoisotopic (exact) mass is 396 g/mol. The van der Waals surface area contributed by atoms with Gasteiger partial charge in [0, 0.05) is 0 Å². The molecular weight excluding hydrogens is 384 g/mol. The van der Waals surface area contributed by atoms with Crippen LogP contribution < -0.4 is 4.46 Å². The molecule has 1 aromatic rings. The van der Waals surface area contributed by atoms with Crippen LogP contribution in [0.1, 0.15) is 0 Å². The summed E-state index contributed by atoms with van der Waals surface area (Å²) in [4.78, 5) is 0. The van der Waals surface area contributed by atoms with Crippen LogP contribution in [-0.2, 0) is 0 Å². The zero-order chi connectivity index (χ0) is 7.82. The van der Waals surface area contributed by atoms with Crippen molar-refractivity contribution < 1.29 is 0 Å². The van der Waals surface area contributed by atoms with Crippen LogP contribution in [0.2, 0.25) is 9.26 Å². The van der Waals surface area contributed by atoms with Gasteiger partial charge in [-0.1, -0.05) is 0 Å². The van der Waals surface area contributed by atoms with Crippen molar-refractivity contribution in [3.05, 3.63) is 30.3 Å². The summed E-state index contributed by atoms with van der Waals surface area (Å²) in [5, 5.41) is 0. The minimum atomic E-state index is 0.167. The van der Waals surface area contributed by atoms with Crippen molar-refractivity contribution in [3.63, 3.8) is 0 Å². The third kappa shape index (κ3) is 6.74. The van der Waals surface area contributed by atoms with E-state index in [-0.39, 0.29) is 23.2 Å². The molecule has 0 unspecified atom stereocenters. The van der Waals surface area contributed by atoms with E-state index in [2.05, 4.69) is 25.3 Å². The Morgan fingerprint density at radius 1 is 1.10 bits per heavy atom. The van der Waals surface area contributed by atoms with E-state index in [4.69, 9.17) is 0 Å². The summed E-state index contributed by atoms with van der Waals surface area (Å²) in [7, 11) is 0. The van der Waals surface area contributed by atoms with E-state index in [1.165, 1.54) is 4.46 Å². The number of hydrogen-bond donors (Lipinski definition) is 0. The van der Waals surface area contributed by atoms with Gasteiger partial charge in [-0.15, -0.1) is 0 Å². The van der Waals surface area contributed by atoms with Gasteiger partial charge in [-0.25, -0.2) is 0 Å². The van der Waals surface area contributed by atoms with Crippen LogP contribution in [0, 0.1) is 0 Å². The van der Waals surface area contributed by atoms with Crippen molar-refractivity contribution in [3.8, 4) is 0 Å². The molecule has 0 atom stereocenters. The normalized spacial score (nSPS) is 7.80. The van der Waals surface area contributed by atoms with Crippen LogP contribution in [0.3, 0.4) is 0 Å². The molecule has 0 aliphatic heterocycles. The van der Waals surface area contributed by atoms with Gasteiger partial charge in [0.1, 0.15) is 0 Å². The van der Waals surface area contributed by atoms with Gasteiger partial charge in [0.2, 0.25) is 0 Å². The van der Waals surface area contributed by atoms with Crippen molar-refractivity contribution in [2.45, 2.75) is 9.26 Å². The first kappa shape index (κ1) is 10.6. The average molecular weight is 395 g/mol. The van der Waals surface area contributed by atoms with Gasteiger partial charge < -0.3 is 0 Å². The zero-order valence-electron chi connectivity index (χ0n) is 6.24. The fourth-order valence-electron chi connectivity index (χ4n) is 0.420. The summed E-state index contributed by atoms with van der Waals surface area (Å²) in [5.41, 5.74) is 0. The van der Waals surface area contributed by atoms with Gasteiger partial charge in [0.15, 0.2) is 0 Å². The molecule has 0 saturated heterocycles. The van der Waals surface area contributed by atoms with Gasteiger partial charge in [-0.3, -0.25) is 0 Å². The van der Waals surface area contributed by atoms with Crippen molar-refractivity contribution in [1.82, 2.24) is 0 Å². The molecule has 0 aliphatic rings. The van der Waals surface area contributed by atoms with E-state index in [9.17, 15) is 0 Å². The number of rotatable bonds is 0. The van der Waals surface area contributed by atoms with Crippen molar-refractivity contribution in [1.29, 1.82) is 0 Å². The van der Waals surface area contributed by atoms with Crippen LogP contribution in [0.15, 0.2) is 30.3 Å². The Hall–Kier alpha value is 0.623. The Morgan fingerprint density at radius 3 is 1.70 bits per heavy atom. The first-order valence-electron chi connectivity index (χ1n) is 3.01. The Balaban J connectivity index is 0.000000236. The summed E-state index contributed by atoms with van der Waals surface area (Å²) < 4.78 is 5.81. The molecule has 2 heteroatoms. The maximum atomic E-state index is 2.90. The summed E-state index contributed by atoms with van der Waals surface area (Å²) in [5.74, 6) is 0. The second kappa shape index (κ2) is 7.73. The fourth-order valence-corrected chi connectivity index (χ4v) is 0.750. The maximum absolute atomic E-state index is 2.90. The second-order valence-electron chi connectivity index (χ2n) is 1.76. The molecule has 10 heavy (non-hydrogen) atoms. The Bertz CT molecular complexity index is 151. The Kier molecular flexibility index (Phi) is 8.21. The molecule has 1 rings (SSSR count). The summed E-state index contributed by atoms with van der Waals surface area (Å²) in [6, 6.07) is 10.1. The van der Waals surface area contributed by atoms with Gasteiger partial charge in [-0.2, -0.15) is 0 Å². The Labute approximate surface area is 82.8 Å². The van der Waals surface area contributed by atoms with Crippen LogP contribution in [0.5, 0.6) is 0 Å². The molecule has 0 heterocycles. The quantitative estimate of drug-likeness (QED) is 0.581. The van der Waals surface area contributed by atoms with Crippen molar-refractivity contribution in [2.24, 2.45) is 0 Å². The standard InChI is InChI=1S/C6H5Se.2CH3.Bi/c7-6-4-2-1-3-5-6;;;/h1-5H;2*1H3;. The third-order valence-corrected chi connectivity index (χ3v) is 1.31. The predicted molar refractivity (Wildman–Crippen MR) is 49.3 cm³/mol. The van der Waals surface area contributed by atoms with Crippen molar-refractivity contribution in [2.75, 3.05) is 0 Å². The molecule has 2 radical (unpaired) electrons. The van der Waals surface area contributed by atoms with E-state index in [1.807, 2.05) is 30.3 Å². The first-order chi connectivity index (χ1) is 4.81. The minimum absolute atomic E-state index is 0.167. The fraction of sp³-hybridized carbons (Fsp3) is 0.250. The van der Waals surface area contributed by atoms with E-state index in [1.54, 1.807) is 0 Å². The average Bonchev–Trinajstić information content (AvgIpc) is 1.91. The molecule has 0 fully saturated rings. The van der Waals surface area contributed by atoms with Crippen LogP contribution in [0.4, 0.5) is 0 Å². The number of benzene rings is 1. The molecule has 0 N–H and O–H groups in total. The van der Waals surface area contributed by atoms with Crippen LogP contribution >= 0.6 is 0 Å². The Morgan fingerprint density at radius 2 is 1.50 bits per heavy atom. The SMILES string of the molecule is [CH3][Bi][CH3].[Se]c1ccccc1.